The fourth-order valence-electron chi connectivity index (χ4n) is 2.74. The van der Waals surface area contributed by atoms with Crippen molar-refractivity contribution in [3.05, 3.63) is 64.7 Å². The summed E-state index contributed by atoms with van der Waals surface area (Å²) < 4.78 is 6.84. The van der Waals surface area contributed by atoms with Crippen LogP contribution in [-0.2, 0) is 11.3 Å². The van der Waals surface area contributed by atoms with Gasteiger partial charge in [-0.1, -0.05) is 12.1 Å². The van der Waals surface area contributed by atoms with Gasteiger partial charge in [0.25, 0.3) is 5.56 Å². The lowest BCUT2D eigenvalue weighted by Gasteiger charge is -2.09. The average molecular weight is 351 g/mol. The summed E-state index contributed by atoms with van der Waals surface area (Å²) in [7, 11) is 0. The zero-order chi connectivity index (χ0) is 18.5. The van der Waals surface area contributed by atoms with Gasteiger partial charge in [0.1, 0.15) is 5.75 Å². The Bertz CT molecular complexity index is 978. The number of para-hydroxylation sites is 1. The minimum atomic E-state index is -0.162. The molecule has 0 saturated heterocycles. The molecule has 6 heteroatoms. The second-order valence-corrected chi connectivity index (χ2v) is 5.97. The van der Waals surface area contributed by atoms with Crippen molar-refractivity contribution in [3.8, 4) is 5.75 Å². The number of aryl methyl sites for hydroxylation is 2. The number of carbonyl (C=O) groups is 1. The Morgan fingerprint density at radius 2 is 1.96 bits per heavy atom. The zero-order valence-corrected chi connectivity index (χ0v) is 14.9. The van der Waals surface area contributed by atoms with Crippen LogP contribution in [0.2, 0.25) is 0 Å². The van der Waals surface area contributed by atoms with Gasteiger partial charge in [-0.15, -0.1) is 0 Å². The molecular weight excluding hydrogens is 330 g/mol. The Morgan fingerprint density at radius 1 is 1.19 bits per heavy atom. The van der Waals surface area contributed by atoms with Crippen LogP contribution in [0.5, 0.6) is 5.75 Å². The van der Waals surface area contributed by atoms with Gasteiger partial charge in [-0.3, -0.25) is 14.2 Å². The van der Waals surface area contributed by atoms with Crippen LogP contribution in [0, 0.1) is 6.92 Å². The third-order valence-electron chi connectivity index (χ3n) is 4.08. The SMILES string of the molecule is CCOc1ccc(NC(=O)CCn2cnc3c(C)cccc3c2=O)cc1. The summed E-state index contributed by atoms with van der Waals surface area (Å²) in [6.45, 7) is 4.71. The Kier molecular flexibility index (Phi) is 5.31. The van der Waals surface area contributed by atoms with E-state index in [-0.39, 0.29) is 24.4 Å². The molecule has 1 heterocycles. The predicted molar refractivity (Wildman–Crippen MR) is 102 cm³/mol. The van der Waals surface area contributed by atoms with E-state index in [0.29, 0.717) is 23.2 Å². The highest BCUT2D eigenvalue weighted by molar-refractivity contribution is 5.90. The van der Waals surface area contributed by atoms with Gasteiger partial charge in [0.05, 0.1) is 23.8 Å². The highest BCUT2D eigenvalue weighted by Gasteiger charge is 2.08. The molecule has 1 amide bonds. The molecule has 0 aliphatic carbocycles. The summed E-state index contributed by atoms with van der Waals surface area (Å²) in [4.78, 5) is 29.0. The van der Waals surface area contributed by atoms with Crippen molar-refractivity contribution in [2.24, 2.45) is 0 Å². The first-order valence-electron chi connectivity index (χ1n) is 8.56. The minimum Gasteiger partial charge on any atom is -0.494 e. The number of amides is 1. The van der Waals surface area contributed by atoms with Gasteiger partial charge in [0.15, 0.2) is 0 Å². The number of fused-ring (bicyclic) bond motifs is 1. The van der Waals surface area contributed by atoms with Crippen LogP contribution in [0.15, 0.2) is 53.6 Å². The molecule has 0 atom stereocenters. The molecule has 26 heavy (non-hydrogen) atoms. The van der Waals surface area contributed by atoms with Crippen LogP contribution in [0.3, 0.4) is 0 Å². The van der Waals surface area contributed by atoms with Gasteiger partial charge in [0, 0.05) is 18.7 Å². The summed E-state index contributed by atoms with van der Waals surface area (Å²) in [6.07, 6.45) is 1.69. The van der Waals surface area contributed by atoms with Crippen molar-refractivity contribution < 1.29 is 9.53 Å². The molecule has 1 aromatic heterocycles. The maximum atomic E-state index is 12.5. The number of anilines is 1. The summed E-state index contributed by atoms with van der Waals surface area (Å²) in [5.74, 6) is 0.597. The van der Waals surface area contributed by atoms with Crippen LogP contribution < -0.4 is 15.6 Å². The van der Waals surface area contributed by atoms with Gasteiger partial charge in [-0.05, 0) is 49.7 Å². The fourth-order valence-corrected chi connectivity index (χ4v) is 2.74. The van der Waals surface area contributed by atoms with Gasteiger partial charge < -0.3 is 10.1 Å². The first-order valence-corrected chi connectivity index (χ1v) is 8.56. The fraction of sp³-hybridized carbons (Fsp3) is 0.250. The summed E-state index contributed by atoms with van der Waals surface area (Å²) in [6, 6.07) is 12.7. The van der Waals surface area contributed by atoms with E-state index in [1.807, 2.05) is 26.0 Å². The van der Waals surface area contributed by atoms with Gasteiger partial charge in [-0.2, -0.15) is 0 Å². The number of benzene rings is 2. The van der Waals surface area contributed by atoms with Crippen molar-refractivity contribution >= 4 is 22.5 Å². The van der Waals surface area contributed by atoms with Crippen LogP contribution in [0.4, 0.5) is 5.69 Å². The molecule has 0 spiro atoms. The number of ether oxygens (including phenoxy) is 1. The number of aromatic nitrogens is 2. The molecule has 134 valence electrons. The van der Waals surface area contributed by atoms with Crippen molar-refractivity contribution in [3.63, 3.8) is 0 Å². The van der Waals surface area contributed by atoms with Crippen molar-refractivity contribution in [1.29, 1.82) is 0 Å². The van der Waals surface area contributed by atoms with Gasteiger partial charge >= 0.3 is 0 Å². The Balaban J connectivity index is 1.65. The number of hydrogen-bond acceptors (Lipinski definition) is 4. The molecule has 6 nitrogen and oxygen atoms in total. The number of nitrogens with zero attached hydrogens (tertiary/aromatic N) is 2. The lowest BCUT2D eigenvalue weighted by molar-refractivity contribution is -0.116. The van der Waals surface area contributed by atoms with Crippen LogP contribution in [0.1, 0.15) is 18.9 Å². The zero-order valence-electron chi connectivity index (χ0n) is 14.9. The molecular formula is C20H21N3O3. The molecule has 3 aromatic rings. The second-order valence-electron chi connectivity index (χ2n) is 5.97. The third-order valence-corrected chi connectivity index (χ3v) is 4.08. The van der Waals surface area contributed by atoms with Crippen molar-refractivity contribution in [2.45, 2.75) is 26.8 Å². The number of hydrogen-bond donors (Lipinski definition) is 1. The van der Waals surface area contributed by atoms with Gasteiger partial charge in [0.2, 0.25) is 5.91 Å². The van der Waals surface area contributed by atoms with E-state index in [2.05, 4.69) is 10.3 Å². The minimum absolute atomic E-state index is 0.132. The molecule has 0 unspecified atom stereocenters. The second kappa shape index (κ2) is 7.82. The van der Waals surface area contributed by atoms with Crippen LogP contribution >= 0.6 is 0 Å². The van der Waals surface area contributed by atoms with Gasteiger partial charge in [-0.25, -0.2) is 4.98 Å². The highest BCUT2D eigenvalue weighted by Crippen LogP contribution is 2.16. The summed E-state index contributed by atoms with van der Waals surface area (Å²) >= 11 is 0. The molecule has 0 aliphatic heterocycles. The van der Waals surface area contributed by atoms with Crippen molar-refractivity contribution in [1.82, 2.24) is 9.55 Å². The molecule has 0 radical (unpaired) electrons. The molecule has 0 fully saturated rings. The monoisotopic (exact) mass is 351 g/mol. The summed E-state index contributed by atoms with van der Waals surface area (Å²) in [5, 5.41) is 3.39. The lowest BCUT2D eigenvalue weighted by atomic mass is 10.1. The Morgan fingerprint density at radius 3 is 2.69 bits per heavy atom. The topological polar surface area (TPSA) is 73.2 Å². The molecule has 3 rings (SSSR count). The number of carbonyl (C=O) groups excluding carboxylic acids is 1. The predicted octanol–water partition coefficient (Wildman–Crippen LogP) is 3.13. The molecule has 0 aliphatic rings. The first-order chi connectivity index (χ1) is 12.6. The lowest BCUT2D eigenvalue weighted by Crippen LogP contribution is -2.23. The molecule has 0 saturated carbocycles. The molecule has 0 bridgehead atoms. The number of rotatable bonds is 6. The van der Waals surface area contributed by atoms with E-state index in [4.69, 9.17) is 4.74 Å². The van der Waals surface area contributed by atoms with Crippen LogP contribution in [0.25, 0.3) is 10.9 Å². The van der Waals surface area contributed by atoms with E-state index in [9.17, 15) is 9.59 Å². The largest absolute Gasteiger partial charge is 0.494 e. The first kappa shape index (κ1) is 17.7. The maximum absolute atomic E-state index is 12.5. The Labute approximate surface area is 151 Å². The van der Waals surface area contributed by atoms with E-state index < -0.39 is 0 Å². The smallest absolute Gasteiger partial charge is 0.261 e. The average Bonchev–Trinajstić information content (AvgIpc) is 2.64. The van der Waals surface area contributed by atoms with E-state index in [0.717, 1.165) is 11.3 Å². The van der Waals surface area contributed by atoms with E-state index in [1.165, 1.54) is 10.9 Å². The highest BCUT2D eigenvalue weighted by atomic mass is 16.5. The normalized spacial score (nSPS) is 10.7. The summed E-state index contributed by atoms with van der Waals surface area (Å²) in [5.41, 5.74) is 2.22. The third kappa shape index (κ3) is 3.91. The number of nitrogens with one attached hydrogen (secondary N) is 1. The molecule has 2 aromatic carbocycles. The quantitative estimate of drug-likeness (QED) is 0.740. The van der Waals surface area contributed by atoms with Crippen molar-refractivity contribution in [2.75, 3.05) is 11.9 Å². The standard InChI is InChI=1S/C20H21N3O3/c1-3-26-16-9-7-15(8-10-16)22-18(24)11-12-23-13-21-19-14(2)5-4-6-17(19)20(23)25/h4-10,13H,3,11-12H2,1-2H3,(H,22,24). The van der Waals surface area contributed by atoms with E-state index >= 15 is 0 Å². The van der Waals surface area contributed by atoms with E-state index in [1.54, 1.807) is 30.3 Å². The molecule has 1 N–H and O–H groups in total. The maximum Gasteiger partial charge on any atom is 0.261 e. The Hall–Kier alpha value is -3.15. The van der Waals surface area contributed by atoms with Crippen LogP contribution in [-0.4, -0.2) is 22.1 Å².